The number of amides is 1. The molecule has 22 nitrogen and oxygen atoms in total. The lowest BCUT2D eigenvalue weighted by molar-refractivity contribution is -0.323. The van der Waals surface area contributed by atoms with Gasteiger partial charge in [0.25, 0.3) is 0 Å². The van der Waals surface area contributed by atoms with Gasteiger partial charge in [0, 0.05) is 61.8 Å². The van der Waals surface area contributed by atoms with Gasteiger partial charge >= 0.3 is 18.0 Å². The van der Waals surface area contributed by atoms with Crippen molar-refractivity contribution in [3.8, 4) is 0 Å². The number of carbonyl (C=O) groups excluding carboxylic acids is 5. The van der Waals surface area contributed by atoms with Crippen molar-refractivity contribution in [1.82, 2.24) is 5.32 Å². The molecular formula is C61H88N2O20. The minimum Gasteiger partial charge on any atom is -0.511 e. The lowest BCUT2D eigenvalue weighted by Gasteiger charge is -2.56. The topological polar surface area (TPSA) is 306 Å². The smallest absolute Gasteiger partial charge is 0.407 e. The fourth-order valence-corrected chi connectivity index (χ4v) is 15.4. The van der Waals surface area contributed by atoms with Gasteiger partial charge in [-0.25, -0.2) is 9.59 Å². The van der Waals surface area contributed by atoms with E-state index in [9.17, 15) is 39.6 Å². The van der Waals surface area contributed by atoms with E-state index in [0.29, 0.717) is 31.1 Å². The minimum atomic E-state index is -2.12. The van der Waals surface area contributed by atoms with Crippen molar-refractivity contribution >= 4 is 30.1 Å². The standard InChI is InChI=1S/C61H88N2O20/c1-27-13-16-42(79-48-25-59(10,62)54(34(8)77-48)63-58(72)73-12)28(2)20-39-40(66)21-36(26-64)24-61(39)56(70)49(57(71)83-61)55(69)60(11)38(27)15-14-37-50(60)29(3)19-30(4)52(37)82-47-23-44(53(33(7)76-47)78-35(9)65)81-45-18-17-43(31(5)74-45)80-46-22-41(67)51(68)32(6)75-46/h13-15,20-21,26,29-34,37-48,50-54,66-69H,16-19,22-25,62H2,1-12H3,(H,63,72)/b27-13-,28-20-,55-49-/t29-,30-,31-,32-,33-,34+,37-,38-,39+,40-,41+,42-,43+,44+,45-,46+,47-,48-,50+,51-,52-,53-,54-,59-,60+,61-/m0/s1. The number of hydrogen-bond donors (Lipinski definition) is 6. The number of ether oxygens (including phenoxy) is 11. The van der Waals surface area contributed by atoms with Crippen molar-refractivity contribution in [3.63, 3.8) is 0 Å². The van der Waals surface area contributed by atoms with Crippen LogP contribution >= 0.6 is 0 Å². The summed E-state index contributed by atoms with van der Waals surface area (Å²) in [6.45, 7) is 20.0. The summed E-state index contributed by atoms with van der Waals surface area (Å²) < 4.78 is 69.0. The minimum absolute atomic E-state index is 0.0492. The fraction of sp³-hybridized carbons (Fsp3) is 0.754. The Labute approximate surface area is 485 Å². The number of aliphatic hydroxyl groups excluding tert-OH is 4. The number of esters is 2. The molecule has 1 spiro atoms. The van der Waals surface area contributed by atoms with Crippen molar-refractivity contribution in [2.75, 3.05) is 7.11 Å². The van der Waals surface area contributed by atoms with Crippen LogP contribution in [0.5, 0.6) is 0 Å². The van der Waals surface area contributed by atoms with Gasteiger partial charge in [0.15, 0.2) is 36.9 Å². The van der Waals surface area contributed by atoms with E-state index >= 15 is 4.79 Å². The number of alkyl carbamates (subject to hydrolysis) is 1. The van der Waals surface area contributed by atoms with Gasteiger partial charge in [0.05, 0.1) is 74.0 Å². The maximum absolute atomic E-state index is 15.5. The van der Waals surface area contributed by atoms with Crippen molar-refractivity contribution in [1.29, 1.82) is 0 Å². The molecule has 1 saturated carbocycles. The van der Waals surface area contributed by atoms with Crippen LogP contribution in [0.4, 0.5) is 4.79 Å². The number of hydrogen-bond acceptors (Lipinski definition) is 21. The van der Waals surface area contributed by atoms with Crippen molar-refractivity contribution < 1.29 is 96.5 Å². The van der Waals surface area contributed by atoms with E-state index in [1.54, 1.807) is 40.7 Å². The zero-order valence-electron chi connectivity index (χ0n) is 49.8. The Bertz CT molecular complexity index is 2610. The highest BCUT2D eigenvalue weighted by atomic mass is 16.7. The quantitative estimate of drug-likeness (QED) is 0.0513. The molecule has 0 aromatic rings. The van der Waals surface area contributed by atoms with Crippen LogP contribution in [0.25, 0.3) is 0 Å². The van der Waals surface area contributed by atoms with E-state index in [-0.39, 0.29) is 49.5 Å². The average molecular weight is 1170 g/mol. The molecule has 5 saturated heterocycles. The van der Waals surface area contributed by atoms with E-state index in [4.69, 9.17) is 57.8 Å². The number of allylic oxidation sites excluding steroid dienone is 3. The van der Waals surface area contributed by atoms with E-state index in [0.717, 1.165) is 5.57 Å². The molecule has 83 heavy (non-hydrogen) atoms. The highest BCUT2D eigenvalue weighted by molar-refractivity contribution is 6.26. The third-order valence-corrected chi connectivity index (χ3v) is 19.5. The van der Waals surface area contributed by atoms with Gasteiger partial charge < -0.3 is 83.6 Å². The van der Waals surface area contributed by atoms with E-state index < -0.39 is 180 Å². The van der Waals surface area contributed by atoms with Crippen LogP contribution in [0.1, 0.15) is 128 Å². The van der Waals surface area contributed by atoms with Gasteiger partial charge in [0.1, 0.15) is 29.8 Å². The Morgan fingerprint density at radius 3 is 2.12 bits per heavy atom. The summed E-state index contributed by atoms with van der Waals surface area (Å²) in [5.41, 5.74) is 3.20. The normalized spacial score (nSPS) is 48.8. The van der Waals surface area contributed by atoms with Crippen LogP contribution < -0.4 is 11.1 Å². The fourth-order valence-electron chi connectivity index (χ4n) is 15.4. The summed E-state index contributed by atoms with van der Waals surface area (Å²) >= 11 is 0. The van der Waals surface area contributed by atoms with Crippen LogP contribution in [-0.2, 0) is 71.3 Å². The molecular weight excluding hydrogens is 1080 g/mol. The molecule has 0 aromatic heterocycles. The molecule has 0 unspecified atom stereocenters. The Balaban J connectivity index is 1.02. The monoisotopic (exact) mass is 1170 g/mol. The van der Waals surface area contributed by atoms with Gasteiger partial charge in [-0.05, 0) is 103 Å². The first kappa shape index (κ1) is 63.1. The largest absolute Gasteiger partial charge is 0.511 e. The summed E-state index contributed by atoms with van der Waals surface area (Å²) in [5.74, 6) is -5.89. The Hall–Kier alpha value is -4.43. The van der Waals surface area contributed by atoms with Gasteiger partial charge in [-0.2, -0.15) is 0 Å². The Morgan fingerprint density at radius 2 is 1.46 bits per heavy atom. The number of Topliss-reactive ketones (excluding diaryl/α,β-unsaturated/α-hetero) is 1. The molecule has 462 valence electrons. The van der Waals surface area contributed by atoms with Crippen LogP contribution in [0, 0.1) is 40.9 Å². The summed E-state index contributed by atoms with van der Waals surface area (Å²) in [4.78, 5) is 67.6. The molecule has 1 amide bonds. The molecule has 5 aliphatic heterocycles. The molecule has 5 heterocycles. The molecule has 26 atom stereocenters. The second-order valence-corrected chi connectivity index (χ2v) is 25.6. The van der Waals surface area contributed by atoms with E-state index in [2.05, 4.69) is 25.2 Å². The molecule has 9 rings (SSSR count). The van der Waals surface area contributed by atoms with E-state index in [1.807, 2.05) is 32.9 Å². The highest BCUT2D eigenvalue weighted by Crippen LogP contribution is 2.61. The van der Waals surface area contributed by atoms with Crippen LogP contribution in [0.2, 0.25) is 0 Å². The van der Waals surface area contributed by atoms with Gasteiger partial charge in [-0.15, -0.1) is 0 Å². The molecule has 22 heteroatoms. The van der Waals surface area contributed by atoms with Gasteiger partial charge in [-0.1, -0.05) is 50.6 Å². The highest BCUT2D eigenvalue weighted by Gasteiger charge is 2.65. The van der Waals surface area contributed by atoms with Crippen molar-refractivity contribution in [2.45, 2.75) is 243 Å². The Morgan fingerprint density at radius 1 is 0.783 bits per heavy atom. The van der Waals surface area contributed by atoms with Gasteiger partial charge in [-0.3, -0.25) is 14.4 Å². The summed E-state index contributed by atoms with van der Waals surface area (Å²) in [5, 5.41) is 48.5. The predicted octanol–water partition coefficient (Wildman–Crippen LogP) is 5.13. The number of aldehydes is 1. The lowest BCUT2D eigenvalue weighted by atomic mass is 9.49. The lowest BCUT2D eigenvalue weighted by Crippen LogP contribution is -2.66. The third kappa shape index (κ3) is 12.3. The van der Waals surface area contributed by atoms with Crippen molar-refractivity contribution in [3.05, 3.63) is 58.4 Å². The number of methoxy groups -OCH3 is 1. The molecule has 0 aromatic carbocycles. The number of ketones is 1. The first-order valence-electron chi connectivity index (χ1n) is 29.6. The zero-order valence-corrected chi connectivity index (χ0v) is 49.8. The van der Waals surface area contributed by atoms with Crippen LogP contribution in [-0.4, -0.2) is 173 Å². The molecule has 0 radical (unpaired) electrons. The summed E-state index contributed by atoms with van der Waals surface area (Å²) in [6, 6.07) is -0.633. The van der Waals surface area contributed by atoms with E-state index in [1.165, 1.54) is 20.1 Å². The van der Waals surface area contributed by atoms with Gasteiger partial charge in [0.2, 0.25) is 5.78 Å². The SMILES string of the molecule is COC(=O)N[C@H]1[C@@H](C)O[C@@H](O[C@H]2C/C=C(/C)[C@@H]3C=C[C@@H]4[C@@H](O[C@H]5C[C@@H](O[C@H]6CC[C@@H](O[C@@H]7C[C@@H](O)[C@@H](O)[C@H](C)O7)[C@H](C)O6)[C@@H](OC(C)=O)[C@H](C)O5)[C@@H](C)C[C@H](C)[C@H]4[C@]3(C)/C(O)=C3/C(=O)O[C@]4(CC(C=O)=C[C@H](O)[C@H]4/C=C\2C)C3=O)C[C@]1(C)N. The number of fused-ring (bicyclic) bond motifs is 4. The van der Waals surface area contributed by atoms with Crippen LogP contribution in [0.3, 0.4) is 0 Å². The maximum Gasteiger partial charge on any atom is 0.407 e. The second-order valence-electron chi connectivity index (χ2n) is 25.6. The number of carbonyl (C=O) groups is 5. The van der Waals surface area contributed by atoms with Crippen molar-refractivity contribution in [2.24, 2.45) is 46.7 Å². The number of nitrogens with one attached hydrogen (secondary N) is 1. The third-order valence-electron chi connectivity index (χ3n) is 19.5. The average Bonchev–Trinajstić information content (AvgIpc) is 1.88. The maximum atomic E-state index is 15.5. The number of aliphatic hydroxyl groups is 4. The first-order chi connectivity index (χ1) is 39.1. The first-order valence-corrected chi connectivity index (χ1v) is 29.6. The predicted molar refractivity (Wildman–Crippen MR) is 294 cm³/mol. The number of rotatable bonds is 11. The molecule has 6 fully saturated rings. The second kappa shape index (κ2) is 24.7. The molecule has 9 aliphatic rings. The Kier molecular flexibility index (Phi) is 18.8. The summed E-state index contributed by atoms with van der Waals surface area (Å²) in [6.07, 6.45) is -1.57. The zero-order chi connectivity index (χ0) is 60.4. The molecule has 7 N–H and O–H groups in total. The summed E-state index contributed by atoms with van der Waals surface area (Å²) in [7, 11) is 1.26. The molecule has 4 aliphatic carbocycles. The molecule has 2 bridgehead atoms. The number of nitrogens with two attached hydrogens (primary N) is 1. The van der Waals surface area contributed by atoms with Crippen LogP contribution in [0.15, 0.2) is 58.4 Å².